The van der Waals surface area contributed by atoms with E-state index in [9.17, 15) is 4.79 Å². The second-order valence-electron chi connectivity index (χ2n) is 6.54. The largest absolute Gasteiger partial charge is 0.479 e. The molecule has 0 saturated carbocycles. The van der Waals surface area contributed by atoms with Gasteiger partial charge < -0.3 is 15.0 Å². The molecule has 1 heterocycles. The molecule has 0 aliphatic carbocycles. The summed E-state index contributed by atoms with van der Waals surface area (Å²) in [4.78, 5) is 14.7. The van der Waals surface area contributed by atoms with Crippen LogP contribution in [0.2, 0.25) is 15.1 Å². The lowest BCUT2D eigenvalue weighted by atomic mass is 10.1. The number of carbonyl (C=O) groups excluding carboxylic acids is 1. The molecule has 1 saturated heterocycles. The molecule has 144 valence electrons. The molecule has 7 heteroatoms. The van der Waals surface area contributed by atoms with E-state index in [-0.39, 0.29) is 5.91 Å². The van der Waals surface area contributed by atoms with Gasteiger partial charge in [0.15, 0.2) is 6.10 Å². The number of anilines is 2. The monoisotopic (exact) mass is 426 g/mol. The molecule has 2 aromatic rings. The molecule has 0 radical (unpaired) electrons. The Morgan fingerprint density at radius 1 is 1.04 bits per heavy atom. The molecule has 0 spiro atoms. The summed E-state index contributed by atoms with van der Waals surface area (Å²) < 4.78 is 5.64. The second kappa shape index (κ2) is 9.05. The smallest absolute Gasteiger partial charge is 0.265 e. The van der Waals surface area contributed by atoms with Gasteiger partial charge in [0.25, 0.3) is 5.91 Å². The molecule has 3 rings (SSSR count). The predicted molar refractivity (Wildman–Crippen MR) is 113 cm³/mol. The molecule has 1 N–H and O–H groups in total. The van der Waals surface area contributed by atoms with Gasteiger partial charge in [-0.1, -0.05) is 34.8 Å². The Balaban J connectivity index is 1.63. The first-order valence-electron chi connectivity index (χ1n) is 8.91. The van der Waals surface area contributed by atoms with E-state index in [2.05, 4.69) is 10.2 Å². The van der Waals surface area contributed by atoms with Crippen molar-refractivity contribution >= 4 is 52.1 Å². The van der Waals surface area contributed by atoms with Crippen LogP contribution in [0.1, 0.15) is 26.2 Å². The fourth-order valence-corrected chi connectivity index (χ4v) is 3.79. The van der Waals surface area contributed by atoms with E-state index in [1.165, 1.54) is 19.3 Å². The number of nitrogens with one attached hydrogen (secondary N) is 1. The highest BCUT2D eigenvalue weighted by atomic mass is 35.5. The summed E-state index contributed by atoms with van der Waals surface area (Å²) in [6.07, 6.45) is 2.88. The Morgan fingerprint density at radius 2 is 1.78 bits per heavy atom. The Hall–Kier alpha value is -1.62. The van der Waals surface area contributed by atoms with Crippen molar-refractivity contribution in [2.45, 2.75) is 32.3 Å². The van der Waals surface area contributed by atoms with Crippen molar-refractivity contribution in [2.75, 3.05) is 23.3 Å². The van der Waals surface area contributed by atoms with Gasteiger partial charge in [-0.15, -0.1) is 0 Å². The third-order valence-corrected chi connectivity index (χ3v) is 5.31. The summed E-state index contributed by atoms with van der Waals surface area (Å²) in [6.45, 7) is 3.68. The van der Waals surface area contributed by atoms with Crippen LogP contribution in [0, 0.1) is 0 Å². The van der Waals surface area contributed by atoms with Gasteiger partial charge in [0.1, 0.15) is 5.75 Å². The van der Waals surface area contributed by atoms with Gasteiger partial charge in [-0.05, 0) is 62.6 Å². The predicted octanol–water partition coefficient (Wildman–Crippen LogP) is 6.04. The molecule has 1 amide bonds. The zero-order chi connectivity index (χ0) is 19.4. The van der Waals surface area contributed by atoms with Crippen LogP contribution in [-0.2, 0) is 4.79 Å². The third-order valence-electron chi connectivity index (χ3n) is 4.48. The average molecular weight is 428 g/mol. The van der Waals surface area contributed by atoms with Gasteiger partial charge >= 0.3 is 0 Å². The van der Waals surface area contributed by atoms with Gasteiger partial charge in [-0.2, -0.15) is 0 Å². The number of piperidine rings is 1. The molecular formula is C20H21Cl3N2O2. The number of amides is 1. The quantitative estimate of drug-likeness (QED) is 0.632. The van der Waals surface area contributed by atoms with Crippen LogP contribution in [0.5, 0.6) is 5.75 Å². The SMILES string of the molecule is CC(Oc1ccc(Cl)cc1Cl)C(=O)Nc1ccc(N2CCCCC2)c(Cl)c1. The number of carbonyl (C=O) groups is 1. The molecule has 4 nitrogen and oxygen atoms in total. The molecular weight excluding hydrogens is 407 g/mol. The zero-order valence-corrected chi connectivity index (χ0v) is 17.2. The summed E-state index contributed by atoms with van der Waals surface area (Å²) >= 11 is 18.4. The van der Waals surface area contributed by atoms with E-state index in [1.54, 1.807) is 31.2 Å². The van der Waals surface area contributed by atoms with E-state index in [1.807, 2.05) is 12.1 Å². The summed E-state index contributed by atoms with van der Waals surface area (Å²) in [6, 6.07) is 10.4. The van der Waals surface area contributed by atoms with Crippen molar-refractivity contribution in [1.29, 1.82) is 0 Å². The zero-order valence-electron chi connectivity index (χ0n) is 15.0. The van der Waals surface area contributed by atoms with Crippen molar-refractivity contribution in [3.05, 3.63) is 51.5 Å². The Labute approximate surface area is 174 Å². The highest BCUT2D eigenvalue weighted by molar-refractivity contribution is 6.35. The second-order valence-corrected chi connectivity index (χ2v) is 7.79. The lowest BCUT2D eigenvalue weighted by Crippen LogP contribution is -2.31. The summed E-state index contributed by atoms with van der Waals surface area (Å²) in [5.74, 6) is 0.116. The highest BCUT2D eigenvalue weighted by Crippen LogP contribution is 2.31. The van der Waals surface area contributed by atoms with Crippen molar-refractivity contribution in [3.8, 4) is 5.75 Å². The number of hydrogen-bond acceptors (Lipinski definition) is 3. The summed E-state index contributed by atoms with van der Waals surface area (Å²) in [5, 5.41) is 4.32. The van der Waals surface area contributed by atoms with E-state index >= 15 is 0 Å². The van der Waals surface area contributed by atoms with Crippen molar-refractivity contribution in [1.82, 2.24) is 0 Å². The van der Waals surface area contributed by atoms with Gasteiger partial charge in [0.2, 0.25) is 0 Å². The lowest BCUT2D eigenvalue weighted by Gasteiger charge is -2.29. The number of hydrogen-bond donors (Lipinski definition) is 1. The van der Waals surface area contributed by atoms with Gasteiger partial charge in [-0.25, -0.2) is 0 Å². The number of halogens is 3. The molecule has 0 aromatic heterocycles. The Bertz CT molecular complexity index is 823. The van der Waals surface area contributed by atoms with Crippen molar-refractivity contribution < 1.29 is 9.53 Å². The maximum atomic E-state index is 12.4. The van der Waals surface area contributed by atoms with Crippen LogP contribution in [0.15, 0.2) is 36.4 Å². The minimum atomic E-state index is -0.732. The Morgan fingerprint density at radius 3 is 2.44 bits per heavy atom. The van der Waals surface area contributed by atoms with Crippen LogP contribution < -0.4 is 15.0 Å². The van der Waals surface area contributed by atoms with E-state index < -0.39 is 6.10 Å². The third kappa shape index (κ3) is 5.22. The van der Waals surface area contributed by atoms with Crippen LogP contribution in [0.25, 0.3) is 0 Å². The first-order valence-corrected chi connectivity index (χ1v) is 10.0. The fraction of sp³-hybridized carbons (Fsp3) is 0.350. The van der Waals surface area contributed by atoms with Crippen LogP contribution in [0.3, 0.4) is 0 Å². The molecule has 1 aliphatic rings. The maximum absolute atomic E-state index is 12.4. The minimum Gasteiger partial charge on any atom is -0.479 e. The van der Waals surface area contributed by atoms with Gasteiger partial charge in [-0.3, -0.25) is 4.79 Å². The highest BCUT2D eigenvalue weighted by Gasteiger charge is 2.18. The van der Waals surface area contributed by atoms with Gasteiger partial charge in [0.05, 0.1) is 15.7 Å². The summed E-state index contributed by atoms with van der Waals surface area (Å²) in [7, 11) is 0. The summed E-state index contributed by atoms with van der Waals surface area (Å²) in [5.41, 5.74) is 1.63. The van der Waals surface area contributed by atoms with Crippen LogP contribution >= 0.6 is 34.8 Å². The first kappa shape index (κ1) is 20.1. The lowest BCUT2D eigenvalue weighted by molar-refractivity contribution is -0.122. The van der Waals surface area contributed by atoms with Crippen molar-refractivity contribution in [2.24, 2.45) is 0 Å². The fourth-order valence-electron chi connectivity index (χ4n) is 3.03. The van der Waals surface area contributed by atoms with Gasteiger partial charge in [0, 0.05) is 23.8 Å². The Kier molecular flexibility index (Phi) is 6.74. The molecule has 0 bridgehead atoms. The molecule has 2 aromatic carbocycles. The van der Waals surface area contributed by atoms with E-state index in [4.69, 9.17) is 39.5 Å². The van der Waals surface area contributed by atoms with Crippen LogP contribution in [-0.4, -0.2) is 25.1 Å². The van der Waals surface area contributed by atoms with E-state index in [0.29, 0.717) is 26.5 Å². The van der Waals surface area contributed by atoms with Crippen LogP contribution in [0.4, 0.5) is 11.4 Å². The molecule has 1 fully saturated rings. The van der Waals surface area contributed by atoms with E-state index in [0.717, 1.165) is 18.8 Å². The first-order chi connectivity index (χ1) is 12.9. The maximum Gasteiger partial charge on any atom is 0.265 e. The molecule has 1 atom stereocenters. The minimum absolute atomic E-state index is 0.289. The number of rotatable bonds is 5. The molecule has 1 unspecified atom stereocenters. The van der Waals surface area contributed by atoms with Crippen molar-refractivity contribution in [3.63, 3.8) is 0 Å². The average Bonchev–Trinajstić information content (AvgIpc) is 2.64. The molecule has 27 heavy (non-hydrogen) atoms. The number of benzene rings is 2. The molecule has 1 aliphatic heterocycles. The number of nitrogens with zero attached hydrogens (tertiary/aromatic N) is 1. The standard InChI is InChI=1S/C20H21Cl3N2O2/c1-13(27-19-8-5-14(21)11-17(19)23)20(26)24-15-6-7-18(16(22)12-15)25-9-3-2-4-10-25/h5-8,11-13H,2-4,9-10H2,1H3,(H,24,26). The topological polar surface area (TPSA) is 41.6 Å². The number of ether oxygens (including phenoxy) is 1. The normalized spacial score (nSPS) is 15.3.